The van der Waals surface area contributed by atoms with Gasteiger partial charge in [-0.2, -0.15) is 0 Å². The lowest BCUT2D eigenvalue weighted by molar-refractivity contribution is -0.128. The molecule has 3 rings (SSSR count). The van der Waals surface area contributed by atoms with E-state index >= 15 is 0 Å². The van der Waals surface area contributed by atoms with Crippen molar-refractivity contribution in [1.82, 2.24) is 4.90 Å². The van der Waals surface area contributed by atoms with Crippen molar-refractivity contribution in [2.75, 3.05) is 23.7 Å². The molecule has 2 N–H and O–H groups in total. The van der Waals surface area contributed by atoms with Crippen molar-refractivity contribution in [2.24, 2.45) is 5.92 Å². The lowest BCUT2D eigenvalue weighted by atomic mass is 10.1. The van der Waals surface area contributed by atoms with Gasteiger partial charge in [0.25, 0.3) is 5.91 Å². The van der Waals surface area contributed by atoms with E-state index in [0.29, 0.717) is 35.1 Å². The Morgan fingerprint density at radius 1 is 1.10 bits per heavy atom. The monoisotopic (exact) mass is 413 g/mol. The first-order valence-electron chi connectivity index (χ1n) is 9.72. The third kappa shape index (κ3) is 5.35. The van der Waals surface area contributed by atoms with Crippen molar-refractivity contribution in [2.45, 2.75) is 26.2 Å². The fourth-order valence-electron chi connectivity index (χ4n) is 3.22. The van der Waals surface area contributed by atoms with E-state index in [1.807, 2.05) is 0 Å². The summed E-state index contributed by atoms with van der Waals surface area (Å²) in [7, 11) is 0. The molecule has 152 valence electrons. The summed E-state index contributed by atoms with van der Waals surface area (Å²) < 4.78 is 0. The van der Waals surface area contributed by atoms with Crippen molar-refractivity contribution in [3.05, 3.63) is 59.1 Å². The van der Waals surface area contributed by atoms with Crippen LogP contribution in [0.25, 0.3) is 0 Å². The first-order chi connectivity index (χ1) is 14.0. The normalized spacial score (nSPS) is 16.0. The molecule has 0 radical (unpaired) electrons. The van der Waals surface area contributed by atoms with Gasteiger partial charge in [0.05, 0.1) is 16.6 Å². The van der Waals surface area contributed by atoms with Crippen LogP contribution in [0.4, 0.5) is 11.4 Å². The molecule has 1 aliphatic heterocycles. The lowest BCUT2D eigenvalue weighted by Crippen LogP contribution is -2.29. The summed E-state index contributed by atoms with van der Waals surface area (Å²) in [4.78, 5) is 38.7. The number of hydrogen-bond donors (Lipinski definition) is 2. The molecule has 1 heterocycles. The lowest BCUT2D eigenvalue weighted by Gasteiger charge is -2.16. The number of anilines is 2. The predicted octanol–water partition coefficient (Wildman–Crippen LogP) is 4.18. The molecular weight excluding hydrogens is 390 g/mol. The van der Waals surface area contributed by atoms with Crippen LogP contribution < -0.4 is 10.6 Å². The number of halogens is 1. The van der Waals surface area contributed by atoms with E-state index in [4.69, 9.17) is 11.6 Å². The Balaban J connectivity index is 1.56. The Morgan fingerprint density at radius 2 is 1.83 bits per heavy atom. The number of para-hydroxylation sites is 1. The van der Waals surface area contributed by atoms with Crippen LogP contribution in [0.3, 0.4) is 0 Å². The van der Waals surface area contributed by atoms with Crippen LogP contribution in [0.5, 0.6) is 0 Å². The molecule has 2 aromatic rings. The standard InChI is InChI=1S/C22H24ClN3O3/c1-2-3-12-26-14-16(13-20(26)27)22(29)24-17-10-8-15(9-11-17)21(28)25-19-7-5-4-6-18(19)23/h4-11,16H,2-3,12-14H2,1H3,(H,24,29)(H,25,28)/t16-/m0/s1. The number of amides is 3. The summed E-state index contributed by atoms with van der Waals surface area (Å²) in [5, 5.41) is 6.05. The minimum Gasteiger partial charge on any atom is -0.342 e. The maximum absolute atomic E-state index is 12.5. The van der Waals surface area contributed by atoms with Crippen LogP contribution in [0.15, 0.2) is 48.5 Å². The van der Waals surface area contributed by atoms with E-state index < -0.39 is 0 Å². The molecule has 2 aromatic carbocycles. The highest BCUT2D eigenvalue weighted by molar-refractivity contribution is 6.33. The van der Waals surface area contributed by atoms with Crippen LogP contribution in [0.1, 0.15) is 36.5 Å². The number of hydrogen-bond acceptors (Lipinski definition) is 3. The van der Waals surface area contributed by atoms with Crippen LogP contribution in [0.2, 0.25) is 5.02 Å². The first kappa shape index (κ1) is 20.9. The number of carbonyl (C=O) groups is 3. The molecule has 0 aliphatic carbocycles. The molecule has 6 nitrogen and oxygen atoms in total. The Hall–Kier alpha value is -2.86. The van der Waals surface area contributed by atoms with Gasteiger partial charge in [-0.1, -0.05) is 37.1 Å². The van der Waals surface area contributed by atoms with Crippen molar-refractivity contribution in [1.29, 1.82) is 0 Å². The number of unbranched alkanes of at least 4 members (excludes halogenated alkanes) is 1. The fraction of sp³-hybridized carbons (Fsp3) is 0.318. The largest absolute Gasteiger partial charge is 0.342 e. The summed E-state index contributed by atoms with van der Waals surface area (Å²) >= 11 is 6.06. The van der Waals surface area contributed by atoms with E-state index in [-0.39, 0.29) is 30.1 Å². The number of nitrogens with one attached hydrogen (secondary N) is 2. The third-order valence-electron chi connectivity index (χ3n) is 4.90. The highest BCUT2D eigenvalue weighted by Gasteiger charge is 2.33. The smallest absolute Gasteiger partial charge is 0.255 e. The molecule has 29 heavy (non-hydrogen) atoms. The summed E-state index contributed by atoms with van der Waals surface area (Å²) in [6, 6.07) is 13.6. The highest BCUT2D eigenvalue weighted by atomic mass is 35.5. The molecule has 1 fully saturated rings. The number of benzene rings is 2. The van der Waals surface area contributed by atoms with Gasteiger partial charge in [0.1, 0.15) is 0 Å². The van der Waals surface area contributed by atoms with Gasteiger partial charge in [-0.3, -0.25) is 14.4 Å². The topological polar surface area (TPSA) is 78.5 Å². The molecule has 0 unspecified atom stereocenters. The highest BCUT2D eigenvalue weighted by Crippen LogP contribution is 2.23. The maximum atomic E-state index is 12.5. The summed E-state index contributed by atoms with van der Waals surface area (Å²) in [6.07, 6.45) is 2.20. The van der Waals surface area contributed by atoms with Crippen molar-refractivity contribution in [3.8, 4) is 0 Å². The zero-order valence-corrected chi connectivity index (χ0v) is 17.0. The first-order valence-corrected chi connectivity index (χ1v) is 10.1. The summed E-state index contributed by atoms with van der Waals surface area (Å²) in [5.74, 6) is -0.776. The van der Waals surface area contributed by atoms with Crippen molar-refractivity contribution < 1.29 is 14.4 Å². The van der Waals surface area contributed by atoms with E-state index in [0.717, 1.165) is 12.8 Å². The van der Waals surface area contributed by atoms with Crippen LogP contribution in [-0.2, 0) is 9.59 Å². The van der Waals surface area contributed by atoms with Gasteiger partial charge >= 0.3 is 0 Å². The molecule has 0 saturated carbocycles. The average Bonchev–Trinajstić information content (AvgIpc) is 3.09. The second-order valence-corrected chi connectivity index (χ2v) is 7.50. The minimum atomic E-state index is -0.345. The van der Waals surface area contributed by atoms with Gasteiger partial charge in [0.2, 0.25) is 11.8 Å². The average molecular weight is 414 g/mol. The summed E-state index contributed by atoms with van der Waals surface area (Å²) in [6.45, 7) is 3.24. The molecule has 3 amide bonds. The van der Waals surface area contributed by atoms with E-state index in [1.54, 1.807) is 53.4 Å². The van der Waals surface area contributed by atoms with Crippen molar-refractivity contribution in [3.63, 3.8) is 0 Å². The number of rotatable bonds is 7. The van der Waals surface area contributed by atoms with Crippen LogP contribution in [-0.4, -0.2) is 35.7 Å². The molecular formula is C22H24ClN3O3. The number of nitrogens with zero attached hydrogens (tertiary/aromatic N) is 1. The Labute approximate surface area is 175 Å². The quantitative estimate of drug-likeness (QED) is 0.714. The van der Waals surface area contributed by atoms with E-state index in [2.05, 4.69) is 17.6 Å². The number of carbonyl (C=O) groups excluding carboxylic acids is 3. The Morgan fingerprint density at radius 3 is 2.52 bits per heavy atom. The van der Waals surface area contributed by atoms with E-state index in [9.17, 15) is 14.4 Å². The molecule has 7 heteroatoms. The predicted molar refractivity (Wildman–Crippen MR) is 114 cm³/mol. The zero-order chi connectivity index (χ0) is 20.8. The Kier molecular flexibility index (Phi) is 6.88. The van der Waals surface area contributed by atoms with Gasteiger partial charge in [0.15, 0.2) is 0 Å². The zero-order valence-electron chi connectivity index (χ0n) is 16.3. The number of likely N-dealkylation sites (tertiary alicyclic amines) is 1. The second kappa shape index (κ2) is 9.56. The van der Waals surface area contributed by atoms with Crippen LogP contribution in [0, 0.1) is 5.92 Å². The minimum absolute atomic E-state index is 0.0326. The fourth-order valence-corrected chi connectivity index (χ4v) is 3.40. The third-order valence-corrected chi connectivity index (χ3v) is 5.23. The second-order valence-electron chi connectivity index (χ2n) is 7.09. The van der Waals surface area contributed by atoms with Crippen LogP contribution >= 0.6 is 11.6 Å². The molecule has 1 atom stereocenters. The molecule has 1 aliphatic rings. The molecule has 0 aromatic heterocycles. The SMILES string of the molecule is CCCCN1C[C@@H](C(=O)Nc2ccc(C(=O)Nc3ccccc3Cl)cc2)CC1=O. The summed E-state index contributed by atoms with van der Waals surface area (Å²) in [5.41, 5.74) is 1.57. The van der Waals surface area contributed by atoms with Gasteiger partial charge in [-0.05, 0) is 42.8 Å². The van der Waals surface area contributed by atoms with Gasteiger partial charge < -0.3 is 15.5 Å². The van der Waals surface area contributed by atoms with Gasteiger partial charge in [0, 0.05) is 30.8 Å². The Bertz CT molecular complexity index is 898. The van der Waals surface area contributed by atoms with Gasteiger partial charge in [-0.25, -0.2) is 0 Å². The van der Waals surface area contributed by atoms with Gasteiger partial charge in [-0.15, -0.1) is 0 Å². The molecule has 1 saturated heterocycles. The molecule has 0 spiro atoms. The van der Waals surface area contributed by atoms with E-state index in [1.165, 1.54) is 0 Å². The maximum Gasteiger partial charge on any atom is 0.255 e. The van der Waals surface area contributed by atoms with Crippen molar-refractivity contribution >= 4 is 40.7 Å². The molecule has 0 bridgehead atoms.